The summed E-state index contributed by atoms with van der Waals surface area (Å²) in [5, 5.41) is 3.21. The van der Waals surface area contributed by atoms with E-state index in [0.717, 1.165) is 18.5 Å². The van der Waals surface area contributed by atoms with E-state index in [9.17, 15) is 8.42 Å². The zero-order valence-electron chi connectivity index (χ0n) is 10.9. The van der Waals surface area contributed by atoms with Crippen LogP contribution in [0.2, 0.25) is 0 Å². The first-order valence-corrected chi connectivity index (χ1v) is 7.82. The van der Waals surface area contributed by atoms with E-state index >= 15 is 0 Å². The molecule has 0 radical (unpaired) electrons. The molecule has 100 valence electrons. The molecular formula is C13H20N2O2S. The van der Waals surface area contributed by atoms with Gasteiger partial charge in [-0.2, -0.15) is 4.31 Å². The van der Waals surface area contributed by atoms with Crippen molar-refractivity contribution in [2.45, 2.75) is 31.2 Å². The van der Waals surface area contributed by atoms with Crippen LogP contribution in [-0.4, -0.2) is 38.4 Å². The SMILES string of the molecule is CCc1ccccc1S(=O)(=O)N1CCNC[C@H]1C. The second-order valence-corrected chi connectivity index (χ2v) is 6.49. The maximum atomic E-state index is 12.7. The summed E-state index contributed by atoms with van der Waals surface area (Å²) < 4.78 is 27.0. The van der Waals surface area contributed by atoms with Crippen molar-refractivity contribution in [2.24, 2.45) is 0 Å². The molecule has 4 nitrogen and oxygen atoms in total. The zero-order valence-corrected chi connectivity index (χ0v) is 11.7. The maximum absolute atomic E-state index is 12.7. The fourth-order valence-corrected chi connectivity index (χ4v) is 4.28. The van der Waals surface area contributed by atoms with Crippen molar-refractivity contribution in [1.29, 1.82) is 0 Å². The predicted molar refractivity (Wildman–Crippen MR) is 72.0 cm³/mol. The van der Waals surface area contributed by atoms with Crippen LogP contribution in [0.25, 0.3) is 0 Å². The normalized spacial score (nSPS) is 22.0. The largest absolute Gasteiger partial charge is 0.314 e. The number of rotatable bonds is 3. The molecule has 1 aliphatic rings. The number of piperazine rings is 1. The van der Waals surface area contributed by atoms with E-state index in [1.54, 1.807) is 16.4 Å². The van der Waals surface area contributed by atoms with Gasteiger partial charge in [0.1, 0.15) is 0 Å². The minimum Gasteiger partial charge on any atom is -0.314 e. The summed E-state index contributed by atoms with van der Waals surface area (Å²) in [7, 11) is -3.36. The Kier molecular flexibility index (Phi) is 4.04. The first kappa shape index (κ1) is 13.5. The molecule has 2 rings (SSSR count). The van der Waals surface area contributed by atoms with Crippen LogP contribution in [0.5, 0.6) is 0 Å². The molecule has 0 aliphatic carbocycles. The lowest BCUT2D eigenvalue weighted by molar-refractivity contribution is 0.283. The number of nitrogens with one attached hydrogen (secondary N) is 1. The average molecular weight is 268 g/mol. The van der Waals surface area contributed by atoms with Crippen LogP contribution in [0.4, 0.5) is 0 Å². The van der Waals surface area contributed by atoms with E-state index < -0.39 is 10.0 Å². The molecule has 0 amide bonds. The van der Waals surface area contributed by atoms with Crippen LogP contribution >= 0.6 is 0 Å². The summed E-state index contributed by atoms with van der Waals surface area (Å²) in [6, 6.07) is 7.29. The maximum Gasteiger partial charge on any atom is 0.243 e. The van der Waals surface area contributed by atoms with Crippen molar-refractivity contribution in [1.82, 2.24) is 9.62 Å². The number of benzene rings is 1. The zero-order chi connectivity index (χ0) is 13.2. The van der Waals surface area contributed by atoms with Crippen molar-refractivity contribution in [3.63, 3.8) is 0 Å². The third-order valence-corrected chi connectivity index (χ3v) is 5.49. The third kappa shape index (κ3) is 2.43. The monoisotopic (exact) mass is 268 g/mol. The van der Waals surface area contributed by atoms with Crippen molar-refractivity contribution in [3.05, 3.63) is 29.8 Å². The van der Waals surface area contributed by atoms with Crippen molar-refractivity contribution in [2.75, 3.05) is 19.6 Å². The van der Waals surface area contributed by atoms with E-state index in [1.165, 1.54) is 0 Å². The summed E-state index contributed by atoms with van der Waals surface area (Å²) >= 11 is 0. The average Bonchev–Trinajstić information content (AvgIpc) is 2.39. The van der Waals surface area contributed by atoms with Crippen LogP contribution in [0, 0.1) is 0 Å². The Morgan fingerprint density at radius 3 is 2.78 bits per heavy atom. The number of aryl methyl sites for hydroxylation is 1. The molecule has 18 heavy (non-hydrogen) atoms. The topological polar surface area (TPSA) is 49.4 Å². The van der Waals surface area contributed by atoms with E-state index in [1.807, 2.05) is 26.0 Å². The molecule has 1 N–H and O–H groups in total. The predicted octanol–water partition coefficient (Wildman–Crippen LogP) is 1.23. The highest BCUT2D eigenvalue weighted by molar-refractivity contribution is 7.89. The lowest BCUT2D eigenvalue weighted by Crippen LogP contribution is -2.52. The Balaban J connectivity index is 2.41. The highest BCUT2D eigenvalue weighted by Crippen LogP contribution is 2.23. The molecule has 1 heterocycles. The molecule has 1 atom stereocenters. The molecule has 1 fully saturated rings. The number of sulfonamides is 1. The van der Waals surface area contributed by atoms with Gasteiger partial charge in [0.05, 0.1) is 4.90 Å². The van der Waals surface area contributed by atoms with Crippen LogP contribution in [-0.2, 0) is 16.4 Å². The van der Waals surface area contributed by atoms with Crippen molar-refractivity contribution in [3.8, 4) is 0 Å². The third-order valence-electron chi connectivity index (χ3n) is 3.38. The van der Waals surface area contributed by atoms with E-state index in [4.69, 9.17) is 0 Å². The van der Waals surface area contributed by atoms with Gasteiger partial charge in [0.2, 0.25) is 10.0 Å². The van der Waals surface area contributed by atoms with Crippen LogP contribution in [0.15, 0.2) is 29.2 Å². The minimum absolute atomic E-state index is 0.00802. The molecule has 0 bridgehead atoms. The Labute approximate surface area is 109 Å². The Morgan fingerprint density at radius 1 is 1.39 bits per heavy atom. The van der Waals surface area contributed by atoms with Gasteiger partial charge in [-0.25, -0.2) is 8.42 Å². The summed E-state index contributed by atoms with van der Waals surface area (Å²) in [6.07, 6.45) is 0.732. The van der Waals surface area contributed by atoms with Gasteiger partial charge >= 0.3 is 0 Å². The molecule has 0 unspecified atom stereocenters. The molecule has 0 saturated carbocycles. The van der Waals surface area contributed by atoms with Crippen LogP contribution in [0.1, 0.15) is 19.4 Å². The fourth-order valence-electron chi connectivity index (χ4n) is 2.35. The van der Waals surface area contributed by atoms with Gasteiger partial charge in [-0.1, -0.05) is 25.1 Å². The number of nitrogens with zero attached hydrogens (tertiary/aromatic N) is 1. The fraction of sp³-hybridized carbons (Fsp3) is 0.538. The Bertz CT molecular complexity index is 513. The highest BCUT2D eigenvalue weighted by atomic mass is 32.2. The van der Waals surface area contributed by atoms with Gasteiger partial charge in [0, 0.05) is 25.7 Å². The molecule has 0 aromatic heterocycles. The Morgan fingerprint density at radius 2 is 2.11 bits per heavy atom. The molecule has 0 spiro atoms. The standard InChI is InChI=1S/C13H20N2O2S/c1-3-12-6-4-5-7-13(12)18(16,17)15-9-8-14-10-11(15)2/h4-7,11,14H,3,8-10H2,1-2H3/t11-/m1/s1. The second-order valence-electron chi connectivity index (χ2n) is 4.63. The Hall–Kier alpha value is -0.910. The summed E-state index contributed by atoms with van der Waals surface area (Å²) in [5.74, 6) is 0. The summed E-state index contributed by atoms with van der Waals surface area (Å²) in [4.78, 5) is 0.459. The molecule has 1 saturated heterocycles. The van der Waals surface area contributed by atoms with Gasteiger partial charge < -0.3 is 5.32 Å². The van der Waals surface area contributed by atoms with E-state index in [-0.39, 0.29) is 6.04 Å². The minimum atomic E-state index is -3.36. The summed E-state index contributed by atoms with van der Waals surface area (Å²) in [5.41, 5.74) is 0.892. The molecular weight excluding hydrogens is 248 g/mol. The lowest BCUT2D eigenvalue weighted by Gasteiger charge is -2.33. The van der Waals surface area contributed by atoms with Gasteiger partial charge in [0.15, 0.2) is 0 Å². The molecule has 1 aliphatic heterocycles. The van der Waals surface area contributed by atoms with Gasteiger partial charge in [-0.3, -0.25) is 0 Å². The molecule has 5 heteroatoms. The van der Waals surface area contributed by atoms with E-state index in [0.29, 0.717) is 18.0 Å². The second kappa shape index (κ2) is 5.38. The van der Waals surface area contributed by atoms with E-state index in [2.05, 4.69) is 5.32 Å². The lowest BCUT2D eigenvalue weighted by atomic mass is 10.2. The number of hydrogen-bond donors (Lipinski definition) is 1. The first-order chi connectivity index (χ1) is 8.57. The molecule has 1 aromatic rings. The first-order valence-electron chi connectivity index (χ1n) is 6.38. The van der Waals surface area contributed by atoms with Crippen molar-refractivity contribution < 1.29 is 8.42 Å². The molecule has 1 aromatic carbocycles. The van der Waals surface area contributed by atoms with Gasteiger partial charge in [-0.05, 0) is 25.0 Å². The van der Waals surface area contributed by atoms with Crippen LogP contribution < -0.4 is 5.32 Å². The van der Waals surface area contributed by atoms with Gasteiger partial charge in [0.25, 0.3) is 0 Å². The number of hydrogen-bond acceptors (Lipinski definition) is 3. The smallest absolute Gasteiger partial charge is 0.243 e. The van der Waals surface area contributed by atoms with Crippen LogP contribution in [0.3, 0.4) is 0 Å². The quantitative estimate of drug-likeness (QED) is 0.897. The van der Waals surface area contributed by atoms with Gasteiger partial charge in [-0.15, -0.1) is 0 Å². The highest BCUT2D eigenvalue weighted by Gasteiger charge is 2.31. The van der Waals surface area contributed by atoms with Crippen molar-refractivity contribution >= 4 is 10.0 Å². The summed E-state index contributed by atoms with van der Waals surface area (Å²) in [6.45, 7) is 5.90.